The van der Waals surface area contributed by atoms with Crippen LogP contribution in [0.4, 0.5) is 0 Å². The fourth-order valence-corrected chi connectivity index (χ4v) is 3.21. The summed E-state index contributed by atoms with van der Waals surface area (Å²) in [5.74, 6) is -0.750. The highest BCUT2D eigenvalue weighted by Gasteiger charge is 2.32. The molecular formula is C15H14N4O2. The van der Waals surface area contributed by atoms with Gasteiger partial charge in [-0.1, -0.05) is 0 Å². The van der Waals surface area contributed by atoms with Crippen molar-refractivity contribution in [1.29, 1.82) is 0 Å². The van der Waals surface area contributed by atoms with Crippen LogP contribution in [0.25, 0.3) is 16.7 Å². The summed E-state index contributed by atoms with van der Waals surface area (Å²) in [6, 6.07) is 3.87. The molecule has 1 aliphatic heterocycles. The molecule has 0 saturated carbocycles. The lowest BCUT2D eigenvalue weighted by Crippen LogP contribution is -2.39. The van der Waals surface area contributed by atoms with Gasteiger partial charge in [-0.05, 0) is 18.6 Å². The number of carbonyl (C=O) groups is 2. The van der Waals surface area contributed by atoms with Crippen molar-refractivity contribution in [3.8, 4) is 0 Å². The molecule has 1 fully saturated rings. The van der Waals surface area contributed by atoms with Gasteiger partial charge in [-0.15, -0.1) is 0 Å². The number of rotatable bonds is 1. The lowest BCUT2D eigenvalue weighted by molar-refractivity contribution is -0.134. The van der Waals surface area contributed by atoms with Crippen molar-refractivity contribution in [1.82, 2.24) is 19.3 Å². The molecular weight excluding hydrogens is 268 g/mol. The van der Waals surface area contributed by atoms with E-state index in [4.69, 9.17) is 0 Å². The Morgan fingerprint density at radius 2 is 2.19 bits per heavy atom. The highest BCUT2D eigenvalue weighted by atomic mass is 16.2. The second-order valence-electron chi connectivity index (χ2n) is 5.39. The Morgan fingerprint density at radius 1 is 1.33 bits per heavy atom. The zero-order chi connectivity index (χ0) is 14.6. The molecule has 2 amide bonds. The van der Waals surface area contributed by atoms with Crippen LogP contribution in [-0.2, 0) is 16.6 Å². The largest absolute Gasteiger partial charge is 0.337 e. The number of imide groups is 1. The lowest BCUT2D eigenvalue weighted by atomic mass is 9.90. The molecule has 1 N–H and O–H groups in total. The summed E-state index contributed by atoms with van der Waals surface area (Å²) in [6.07, 6.45) is 6.54. The summed E-state index contributed by atoms with van der Waals surface area (Å²) in [5.41, 5.74) is 2.71. The maximum Gasteiger partial charge on any atom is 0.234 e. The number of nitrogens with zero attached hydrogens (tertiary/aromatic N) is 3. The molecule has 0 spiro atoms. The molecule has 6 nitrogen and oxygen atoms in total. The van der Waals surface area contributed by atoms with Crippen LogP contribution in [0, 0.1) is 0 Å². The first-order chi connectivity index (χ1) is 10.2. The van der Waals surface area contributed by atoms with Crippen LogP contribution < -0.4 is 5.32 Å². The molecule has 0 bridgehead atoms. The van der Waals surface area contributed by atoms with E-state index in [2.05, 4.69) is 10.3 Å². The third kappa shape index (κ3) is 1.62. The lowest BCUT2D eigenvalue weighted by Gasteiger charge is -2.20. The van der Waals surface area contributed by atoms with Crippen LogP contribution in [0.5, 0.6) is 0 Å². The van der Waals surface area contributed by atoms with E-state index in [1.165, 1.54) is 0 Å². The molecule has 1 atom stereocenters. The molecule has 106 valence electrons. The fourth-order valence-electron chi connectivity index (χ4n) is 3.21. The Bertz CT molecular complexity index is 890. The third-order valence-electron chi connectivity index (χ3n) is 4.13. The van der Waals surface area contributed by atoms with E-state index in [-0.39, 0.29) is 17.7 Å². The van der Waals surface area contributed by atoms with Crippen molar-refractivity contribution >= 4 is 28.5 Å². The molecule has 4 rings (SSSR count). The van der Waals surface area contributed by atoms with Crippen LogP contribution in [0.2, 0.25) is 0 Å². The Labute approximate surface area is 120 Å². The molecule has 3 aromatic heterocycles. The number of amides is 2. The van der Waals surface area contributed by atoms with E-state index in [9.17, 15) is 9.59 Å². The zero-order valence-electron chi connectivity index (χ0n) is 11.5. The molecule has 0 radical (unpaired) electrons. The first-order valence-corrected chi connectivity index (χ1v) is 6.90. The molecule has 21 heavy (non-hydrogen) atoms. The first-order valence-electron chi connectivity index (χ1n) is 6.90. The smallest absolute Gasteiger partial charge is 0.234 e. The van der Waals surface area contributed by atoms with Gasteiger partial charge in [0.25, 0.3) is 0 Å². The van der Waals surface area contributed by atoms with Crippen LogP contribution in [0.3, 0.4) is 0 Å². The van der Waals surface area contributed by atoms with Crippen LogP contribution in [-0.4, -0.2) is 25.8 Å². The van der Waals surface area contributed by atoms with Crippen molar-refractivity contribution in [2.75, 3.05) is 0 Å². The number of carbonyl (C=O) groups excluding carboxylic acids is 2. The summed E-state index contributed by atoms with van der Waals surface area (Å²) < 4.78 is 4.01. The van der Waals surface area contributed by atoms with Crippen molar-refractivity contribution in [2.45, 2.75) is 18.8 Å². The minimum atomic E-state index is -0.326. The monoisotopic (exact) mass is 282 g/mol. The van der Waals surface area contributed by atoms with E-state index < -0.39 is 0 Å². The highest BCUT2D eigenvalue weighted by Crippen LogP contribution is 2.35. The average molecular weight is 282 g/mol. The number of fused-ring (bicyclic) bond motifs is 3. The molecule has 1 aliphatic rings. The number of aryl methyl sites for hydroxylation is 1. The minimum Gasteiger partial charge on any atom is -0.337 e. The maximum absolute atomic E-state index is 12.2. The van der Waals surface area contributed by atoms with E-state index in [0.29, 0.717) is 12.8 Å². The van der Waals surface area contributed by atoms with Gasteiger partial charge < -0.3 is 4.57 Å². The Hall–Kier alpha value is -2.63. The van der Waals surface area contributed by atoms with E-state index in [1.807, 2.05) is 40.5 Å². The van der Waals surface area contributed by atoms with Gasteiger partial charge in [0.1, 0.15) is 11.3 Å². The van der Waals surface area contributed by atoms with Crippen molar-refractivity contribution in [3.63, 3.8) is 0 Å². The van der Waals surface area contributed by atoms with E-state index in [0.717, 1.165) is 22.2 Å². The first kappa shape index (κ1) is 12.1. The van der Waals surface area contributed by atoms with Gasteiger partial charge in [-0.3, -0.25) is 19.3 Å². The van der Waals surface area contributed by atoms with Crippen LogP contribution >= 0.6 is 0 Å². The molecule has 3 aromatic rings. The molecule has 1 unspecified atom stereocenters. The highest BCUT2D eigenvalue weighted by molar-refractivity contribution is 6.04. The molecule has 0 aromatic carbocycles. The van der Waals surface area contributed by atoms with Crippen LogP contribution in [0.1, 0.15) is 24.3 Å². The molecule has 1 saturated heterocycles. The Morgan fingerprint density at radius 3 is 3.00 bits per heavy atom. The second kappa shape index (κ2) is 4.18. The number of hydrogen-bond donors (Lipinski definition) is 1. The predicted molar refractivity (Wildman–Crippen MR) is 76.8 cm³/mol. The van der Waals surface area contributed by atoms with Gasteiger partial charge >= 0.3 is 0 Å². The van der Waals surface area contributed by atoms with Crippen LogP contribution in [0.15, 0.2) is 30.7 Å². The summed E-state index contributed by atoms with van der Waals surface area (Å²) in [7, 11) is 1.97. The van der Waals surface area contributed by atoms with E-state index in [1.54, 1.807) is 6.20 Å². The Balaban J connectivity index is 2.02. The normalized spacial score (nSPS) is 19.4. The zero-order valence-corrected chi connectivity index (χ0v) is 11.5. The third-order valence-corrected chi connectivity index (χ3v) is 4.13. The average Bonchev–Trinajstić information content (AvgIpc) is 2.98. The summed E-state index contributed by atoms with van der Waals surface area (Å²) in [5, 5.41) is 3.45. The summed E-state index contributed by atoms with van der Waals surface area (Å²) >= 11 is 0. The van der Waals surface area contributed by atoms with Gasteiger partial charge in [0.05, 0.1) is 5.92 Å². The maximum atomic E-state index is 12.2. The number of nitrogens with one attached hydrogen (secondary N) is 1. The Kier molecular flexibility index (Phi) is 2.42. The number of aromatic nitrogens is 3. The van der Waals surface area contributed by atoms with Gasteiger partial charge in [-0.2, -0.15) is 0 Å². The standard InChI is InChI=1S/C15H14N4O2/c1-18-8-5-10-12(9-3-4-11(20)17-14(9)21)13-16-6-2-7-19(13)15(10)18/h2,5-9H,3-4H2,1H3,(H,17,20,21). The molecule has 6 heteroatoms. The molecule has 0 aliphatic carbocycles. The molecule has 4 heterocycles. The van der Waals surface area contributed by atoms with Gasteiger partial charge in [-0.25, -0.2) is 4.98 Å². The summed E-state index contributed by atoms with van der Waals surface area (Å²) in [6.45, 7) is 0. The second-order valence-corrected chi connectivity index (χ2v) is 5.39. The van der Waals surface area contributed by atoms with Gasteiger partial charge in [0, 0.05) is 43.0 Å². The minimum absolute atomic E-state index is 0.197. The number of hydrogen-bond acceptors (Lipinski definition) is 3. The predicted octanol–water partition coefficient (Wildman–Crippen LogP) is 1.35. The summed E-state index contributed by atoms with van der Waals surface area (Å²) in [4.78, 5) is 28.0. The van der Waals surface area contributed by atoms with Gasteiger partial charge in [0.2, 0.25) is 11.8 Å². The van der Waals surface area contributed by atoms with Crippen molar-refractivity contribution in [3.05, 3.63) is 36.3 Å². The van der Waals surface area contributed by atoms with Gasteiger partial charge in [0.15, 0.2) is 0 Å². The SMILES string of the molecule is Cn1ccc2c(C3CCC(=O)NC3=O)c3ncccn3c21. The topological polar surface area (TPSA) is 68.4 Å². The van der Waals surface area contributed by atoms with E-state index >= 15 is 0 Å². The quantitative estimate of drug-likeness (QED) is 0.685. The fraction of sp³-hybridized carbons (Fsp3) is 0.267. The van der Waals surface area contributed by atoms with Crippen molar-refractivity contribution < 1.29 is 9.59 Å². The number of piperidine rings is 1. The van der Waals surface area contributed by atoms with Crippen molar-refractivity contribution in [2.24, 2.45) is 7.05 Å².